The number of imidazole rings is 1. The van der Waals surface area contributed by atoms with Gasteiger partial charge >= 0.3 is 0 Å². The largest absolute Gasteiger partial charge is 0.330 e. The van der Waals surface area contributed by atoms with Crippen molar-refractivity contribution in [1.29, 1.82) is 0 Å². The molecule has 0 fully saturated rings. The molecule has 6 heteroatoms. The highest BCUT2D eigenvalue weighted by atomic mass is 16.2. The van der Waals surface area contributed by atoms with Crippen LogP contribution in [0.2, 0.25) is 0 Å². The Morgan fingerprint density at radius 3 is 2.89 bits per heavy atom. The summed E-state index contributed by atoms with van der Waals surface area (Å²) >= 11 is 0. The van der Waals surface area contributed by atoms with E-state index in [4.69, 9.17) is 0 Å². The number of amides is 2. The van der Waals surface area contributed by atoms with Gasteiger partial charge in [0, 0.05) is 7.05 Å². The molecule has 0 radical (unpaired) electrons. The molecule has 2 heterocycles. The molecule has 0 bridgehead atoms. The highest BCUT2D eigenvalue weighted by molar-refractivity contribution is 6.14. The average molecular weight is 256 g/mol. The van der Waals surface area contributed by atoms with Crippen LogP contribution in [0.1, 0.15) is 10.5 Å². The molecule has 0 saturated heterocycles. The van der Waals surface area contributed by atoms with Crippen molar-refractivity contribution in [3.63, 3.8) is 0 Å². The van der Waals surface area contributed by atoms with Crippen molar-refractivity contribution >= 4 is 23.2 Å². The van der Waals surface area contributed by atoms with Gasteiger partial charge in [-0.3, -0.25) is 14.5 Å². The molecule has 2 amide bonds. The third kappa shape index (κ3) is 1.87. The van der Waals surface area contributed by atoms with Crippen LogP contribution in [0.25, 0.3) is 0 Å². The number of para-hydroxylation sites is 2. The van der Waals surface area contributed by atoms with Gasteiger partial charge in [0.25, 0.3) is 5.91 Å². The molecule has 0 aliphatic carbocycles. The summed E-state index contributed by atoms with van der Waals surface area (Å²) in [5.41, 5.74) is 1.80. The maximum absolute atomic E-state index is 12.5. The van der Waals surface area contributed by atoms with Crippen molar-refractivity contribution in [3.05, 3.63) is 42.5 Å². The van der Waals surface area contributed by atoms with E-state index in [1.165, 1.54) is 11.1 Å². The number of fused-ring (bicyclic) bond motifs is 1. The maximum atomic E-state index is 12.5. The van der Waals surface area contributed by atoms with E-state index in [1.807, 2.05) is 18.2 Å². The second-order valence-electron chi connectivity index (χ2n) is 4.35. The van der Waals surface area contributed by atoms with E-state index < -0.39 is 0 Å². The number of nitrogens with one attached hydrogen (secondary N) is 1. The minimum Gasteiger partial charge on any atom is -0.330 e. The number of carbonyl (C=O) groups excluding carboxylic acids is 2. The lowest BCUT2D eigenvalue weighted by Gasteiger charge is -2.29. The summed E-state index contributed by atoms with van der Waals surface area (Å²) in [7, 11) is 1.75. The first-order valence-corrected chi connectivity index (χ1v) is 5.84. The zero-order valence-corrected chi connectivity index (χ0v) is 10.3. The van der Waals surface area contributed by atoms with Crippen molar-refractivity contribution < 1.29 is 9.59 Å². The summed E-state index contributed by atoms with van der Waals surface area (Å²) in [6.07, 6.45) is 3.06. The Hall–Kier alpha value is -2.63. The van der Waals surface area contributed by atoms with E-state index >= 15 is 0 Å². The molecule has 0 saturated carbocycles. The van der Waals surface area contributed by atoms with Gasteiger partial charge in [-0.1, -0.05) is 12.1 Å². The fraction of sp³-hybridized carbons (Fsp3) is 0.154. The quantitative estimate of drug-likeness (QED) is 0.828. The lowest BCUT2D eigenvalue weighted by atomic mass is 10.2. The first kappa shape index (κ1) is 11.5. The number of anilines is 2. The molecule has 1 aromatic carbocycles. The summed E-state index contributed by atoms with van der Waals surface area (Å²) in [6.45, 7) is 0.0149. The first-order valence-electron chi connectivity index (χ1n) is 5.84. The Kier molecular flexibility index (Phi) is 2.56. The normalized spacial score (nSPS) is 13.9. The number of benzene rings is 1. The molecule has 0 unspecified atom stereocenters. The molecule has 1 N–H and O–H groups in total. The molecule has 3 rings (SSSR count). The number of rotatable bonds is 1. The summed E-state index contributed by atoms with van der Waals surface area (Å²) in [5.74, 6) is -0.434. The van der Waals surface area contributed by atoms with Gasteiger partial charge < -0.3 is 9.88 Å². The van der Waals surface area contributed by atoms with Crippen LogP contribution in [-0.4, -0.2) is 27.9 Å². The monoisotopic (exact) mass is 256 g/mol. The van der Waals surface area contributed by atoms with E-state index in [9.17, 15) is 9.59 Å². The second-order valence-corrected chi connectivity index (χ2v) is 4.35. The minimum absolute atomic E-state index is 0.0149. The molecule has 1 aromatic heterocycles. The van der Waals surface area contributed by atoms with Crippen molar-refractivity contribution in [2.45, 2.75) is 0 Å². The van der Waals surface area contributed by atoms with Crippen LogP contribution in [0.3, 0.4) is 0 Å². The van der Waals surface area contributed by atoms with E-state index in [0.29, 0.717) is 17.1 Å². The summed E-state index contributed by atoms with van der Waals surface area (Å²) in [4.78, 5) is 29.5. The number of nitrogens with zero attached hydrogens (tertiary/aromatic N) is 3. The van der Waals surface area contributed by atoms with Crippen LogP contribution in [0.4, 0.5) is 11.4 Å². The molecule has 1 aliphatic rings. The molecular weight excluding hydrogens is 244 g/mol. The van der Waals surface area contributed by atoms with Crippen molar-refractivity contribution in [3.8, 4) is 0 Å². The number of hydrogen-bond donors (Lipinski definition) is 1. The zero-order chi connectivity index (χ0) is 13.4. The number of carbonyl (C=O) groups is 2. The third-order valence-electron chi connectivity index (χ3n) is 3.05. The Morgan fingerprint density at radius 1 is 1.37 bits per heavy atom. The molecule has 0 atom stereocenters. The molecule has 96 valence electrons. The molecule has 2 aromatic rings. The number of aryl methyl sites for hydroxylation is 1. The predicted molar refractivity (Wildman–Crippen MR) is 70.0 cm³/mol. The van der Waals surface area contributed by atoms with Crippen LogP contribution < -0.4 is 10.2 Å². The van der Waals surface area contributed by atoms with E-state index in [-0.39, 0.29) is 18.4 Å². The number of hydrogen-bond acceptors (Lipinski definition) is 3. The highest BCUT2D eigenvalue weighted by Gasteiger charge is 2.28. The topological polar surface area (TPSA) is 67.2 Å². The van der Waals surface area contributed by atoms with Gasteiger partial charge in [0.1, 0.15) is 12.2 Å². The van der Waals surface area contributed by atoms with Gasteiger partial charge in [-0.15, -0.1) is 0 Å². The molecule has 0 spiro atoms. The van der Waals surface area contributed by atoms with Gasteiger partial charge in [-0.2, -0.15) is 0 Å². The van der Waals surface area contributed by atoms with Gasteiger partial charge in [-0.05, 0) is 12.1 Å². The smallest absolute Gasteiger partial charge is 0.277 e. The molecule has 6 nitrogen and oxygen atoms in total. The zero-order valence-electron chi connectivity index (χ0n) is 10.3. The molecular formula is C13H12N4O2. The van der Waals surface area contributed by atoms with Gasteiger partial charge in [-0.25, -0.2) is 4.98 Å². The third-order valence-corrected chi connectivity index (χ3v) is 3.05. The Bertz CT molecular complexity index is 662. The first-order chi connectivity index (χ1) is 9.16. The summed E-state index contributed by atoms with van der Waals surface area (Å²) in [5, 5.41) is 2.75. The Balaban J connectivity index is 2.04. The van der Waals surface area contributed by atoms with E-state index in [2.05, 4.69) is 10.3 Å². The fourth-order valence-electron chi connectivity index (χ4n) is 2.12. The second kappa shape index (κ2) is 4.24. The van der Waals surface area contributed by atoms with Crippen LogP contribution in [0, 0.1) is 0 Å². The molecule has 19 heavy (non-hydrogen) atoms. The van der Waals surface area contributed by atoms with Gasteiger partial charge in [0.05, 0.1) is 23.9 Å². The van der Waals surface area contributed by atoms with Crippen molar-refractivity contribution in [2.75, 3.05) is 16.8 Å². The lowest BCUT2D eigenvalue weighted by Crippen LogP contribution is -2.42. The SMILES string of the molecule is Cn1cncc1C(=O)N1CC(=O)Nc2ccccc21. The van der Waals surface area contributed by atoms with Crippen LogP contribution >= 0.6 is 0 Å². The van der Waals surface area contributed by atoms with Crippen molar-refractivity contribution in [2.24, 2.45) is 7.05 Å². The van der Waals surface area contributed by atoms with Crippen molar-refractivity contribution in [1.82, 2.24) is 9.55 Å². The number of aromatic nitrogens is 2. The summed E-state index contributed by atoms with van der Waals surface area (Å²) < 4.78 is 1.64. The van der Waals surface area contributed by atoms with Gasteiger partial charge in [0.2, 0.25) is 5.91 Å². The van der Waals surface area contributed by atoms with Crippen LogP contribution in [0.15, 0.2) is 36.8 Å². The van der Waals surface area contributed by atoms with E-state index in [0.717, 1.165) is 0 Å². The summed E-state index contributed by atoms with van der Waals surface area (Å²) in [6, 6.07) is 7.23. The van der Waals surface area contributed by atoms with Crippen LogP contribution in [0.5, 0.6) is 0 Å². The molecule has 1 aliphatic heterocycles. The minimum atomic E-state index is -0.234. The highest BCUT2D eigenvalue weighted by Crippen LogP contribution is 2.29. The van der Waals surface area contributed by atoms with E-state index in [1.54, 1.807) is 24.0 Å². The fourth-order valence-corrected chi connectivity index (χ4v) is 2.12. The predicted octanol–water partition coefficient (Wildman–Crippen LogP) is 1.02. The van der Waals surface area contributed by atoms with Gasteiger partial charge in [0.15, 0.2) is 0 Å². The lowest BCUT2D eigenvalue weighted by molar-refractivity contribution is -0.115. The Morgan fingerprint density at radius 2 is 2.16 bits per heavy atom. The average Bonchev–Trinajstić information content (AvgIpc) is 2.83. The standard InChI is InChI=1S/C13H12N4O2/c1-16-8-14-6-11(16)13(19)17-7-12(18)15-9-4-2-3-5-10(9)17/h2-6,8H,7H2,1H3,(H,15,18). The Labute approximate surface area is 109 Å². The van der Waals surface area contributed by atoms with Crippen LogP contribution in [-0.2, 0) is 11.8 Å². The maximum Gasteiger partial charge on any atom is 0.277 e.